The molecule has 0 aliphatic carbocycles. The Hall–Kier alpha value is -1.55. The first kappa shape index (κ1) is 15.8. The van der Waals surface area contributed by atoms with Gasteiger partial charge >= 0.3 is 4.87 Å². The number of aromatic amines is 1. The third-order valence-electron chi connectivity index (χ3n) is 2.69. The van der Waals surface area contributed by atoms with Gasteiger partial charge in [0, 0.05) is 17.6 Å². The molecular weight excluding hydrogens is 317 g/mol. The second-order valence-corrected chi connectivity index (χ2v) is 6.87. The number of rotatable bonds is 6. The molecule has 2 rings (SSSR count). The molecular formula is C12H14FN3O3S2. The number of benzene rings is 1. The highest BCUT2D eigenvalue weighted by Crippen LogP contribution is 2.16. The summed E-state index contributed by atoms with van der Waals surface area (Å²) in [6, 6.07) is 3.92. The molecule has 0 saturated heterocycles. The number of aromatic nitrogens is 1. The van der Waals surface area contributed by atoms with E-state index in [9.17, 15) is 17.6 Å². The molecule has 0 saturated carbocycles. The predicted octanol–water partition coefficient (Wildman–Crippen LogP) is 0.773. The average Bonchev–Trinajstić information content (AvgIpc) is 2.85. The van der Waals surface area contributed by atoms with Gasteiger partial charge in [0.2, 0.25) is 10.0 Å². The standard InChI is InChI=1S/C12H14FN3O3S2/c1-14-5-8-2-3-10(13)11(4-8)21(18,19)15-6-9-7-20-12(17)16-9/h2-4,7,14-15H,5-6H2,1H3,(H,16,17). The molecule has 1 aromatic heterocycles. The second kappa shape index (κ2) is 6.48. The SMILES string of the molecule is CNCc1ccc(F)c(S(=O)(=O)NCc2csc(=O)[nH]2)c1. The Labute approximate surface area is 125 Å². The van der Waals surface area contributed by atoms with Crippen LogP contribution in [-0.4, -0.2) is 20.4 Å². The molecule has 0 unspecified atom stereocenters. The van der Waals surface area contributed by atoms with Crippen LogP contribution in [0.1, 0.15) is 11.3 Å². The molecule has 0 atom stereocenters. The van der Waals surface area contributed by atoms with Crippen LogP contribution in [-0.2, 0) is 23.1 Å². The maximum Gasteiger partial charge on any atom is 0.304 e. The summed E-state index contributed by atoms with van der Waals surface area (Å²) in [6.45, 7) is 0.331. The smallest absolute Gasteiger partial charge is 0.304 e. The van der Waals surface area contributed by atoms with Gasteiger partial charge in [0.1, 0.15) is 10.7 Å². The lowest BCUT2D eigenvalue weighted by Gasteiger charge is -2.09. The zero-order valence-electron chi connectivity index (χ0n) is 11.1. The maximum absolute atomic E-state index is 13.7. The number of thiazole rings is 1. The molecule has 0 fully saturated rings. The van der Waals surface area contributed by atoms with Gasteiger partial charge in [-0.15, -0.1) is 0 Å². The van der Waals surface area contributed by atoms with E-state index in [0.29, 0.717) is 17.8 Å². The average molecular weight is 331 g/mol. The van der Waals surface area contributed by atoms with Crippen LogP contribution in [0.5, 0.6) is 0 Å². The van der Waals surface area contributed by atoms with Crippen molar-refractivity contribution < 1.29 is 12.8 Å². The molecule has 0 aliphatic rings. The second-order valence-electron chi connectivity index (χ2n) is 4.29. The largest absolute Gasteiger partial charge is 0.316 e. The van der Waals surface area contributed by atoms with Gasteiger partial charge in [0.25, 0.3) is 0 Å². The fourth-order valence-corrected chi connectivity index (χ4v) is 3.43. The molecule has 6 nitrogen and oxygen atoms in total. The van der Waals surface area contributed by atoms with E-state index in [1.165, 1.54) is 17.5 Å². The van der Waals surface area contributed by atoms with Gasteiger partial charge in [-0.25, -0.2) is 17.5 Å². The van der Waals surface area contributed by atoms with Crippen molar-refractivity contribution in [2.24, 2.45) is 0 Å². The minimum Gasteiger partial charge on any atom is -0.316 e. The summed E-state index contributed by atoms with van der Waals surface area (Å²) in [4.78, 5) is 12.8. The topological polar surface area (TPSA) is 91.1 Å². The number of halogens is 1. The lowest BCUT2D eigenvalue weighted by Crippen LogP contribution is -2.25. The van der Waals surface area contributed by atoms with E-state index >= 15 is 0 Å². The van der Waals surface area contributed by atoms with Crippen molar-refractivity contribution in [2.45, 2.75) is 18.0 Å². The van der Waals surface area contributed by atoms with Crippen LogP contribution in [0.25, 0.3) is 0 Å². The lowest BCUT2D eigenvalue weighted by molar-refractivity contribution is 0.555. The Bertz CT molecular complexity index is 783. The van der Waals surface area contributed by atoms with E-state index in [1.807, 2.05) is 0 Å². The van der Waals surface area contributed by atoms with Crippen molar-refractivity contribution in [1.29, 1.82) is 0 Å². The van der Waals surface area contributed by atoms with Crippen molar-refractivity contribution in [1.82, 2.24) is 15.0 Å². The first-order chi connectivity index (χ1) is 9.92. The maximum atomic E-state index is 13.7. The van der Waals surface area contributed by atoms with Crippen molar-refractivity contribution in [2.75, 3.05) is 7.05 Å². The third-order valence-corrected chi connectivity index (χ3v) is 4.82. The third kappa shape index (κ3) is 3.97. The minimum absolute atomic E-state index is 0.100. The van der Waals surface area contributed by atoms with Gasteiger partial charge < -0.3 is 10.3 Å². The highest BCUT2D eigenvalue weighted by Gasteiger charge is 2.19. The molecule has 0 amide bonds. The van der Waals surface area contributed by atoms with Gasteiger partial charge in [-0.2, -0.15) is 0 Å². The van der Waals surface area contributed by atoms with Gasteiger partial charge in [-0.05, 0) is 24.7 Å². The van der Waals surface area contributed by atoms with Crippen LogP contribution in [0, 0.1) is 5.82 Å². The molecule has 114 valence electrons. The Morgan fingerprint density at radius 3 is 2.71 bits per heavy atom. The summed E-state index contributed by atoms with van der Waals surface area (Å²) in [7, 11) is -2.28. The molecule has 0 bridgehead atoms. The monoisotopic (exact) mass is 331 g/mol. The fraction of sp³-hybridized carbons (Fsp3) is 0.250. The molecule has 0 aliphatic heterocycles. The van der Waals surface area contributed by atoms with E-state index in [-0.39, 0.29) is 11.4 Å². The van der Waals surface area contributed by atoms with Crippen molar-refractivity contribution in [3.8, 4) is 0 Å². The van der Waals surface area contributed by atoms with E-state index in [1.54, 1.807) is 7.05 Å². The van der Waals surface area contributed by atoms with E-state index in [0.717, 1.165) is 17.4 Å². The summed E-state index contributed by atoms with van der Waals surface area (Å²) in [5, 5.41) is 4.38. The molecule has 2 aromatic rings. The van der Waals surface area contributed by atoms with E-state index in [2.05, 4.69) is 15.0 Å². The first-order valence-electron chi connectivity index (χ1n) is 6.02. The number of sulfonamides is 1. The van der Waals surface area contributed by atoms with Crippen molar-refractivity contribution in [3.63, 3.8) is 0 Å². The highest BCUT2D eigenvalue weighted by atomic mass is 32.2. The van der Waals surface area contributed by atoms with Crippen LogP contribution in [0.4, 0.5) is 4.39 Å². The van der Waals surface area contributed by atoms with Crippen molar-refractivity contribution >= 4 is 21.4 Å². The van der Waals surface area contributed by atoms with Crippen molar-refractivity contribution in [3.05, 3.63) is 50.3 Å². The number of H-pyrrole nitrogens is 1. The van der Waals surface area contributed by atoms with Crippen LogP contribution < -0.4 is 14.9 Å². The molecule has 0 spiro atoms. The van der Waals surface area contributed by atoms with Crippen LogP contribution in [0.15, 0.2) is 33.3 Å². The van der Waals surface area contributed by atoms with E-state index < -0.39 is 20.7 Å². The number of nitrogens with one attached hydrogen (secondary N) is 3. The zero-order chi connectivity index (χ0) is 15.5. The van der Waals surface area contributed by atoms with Gasteiger partial charge in [-0.3, -0.25) is 4.79 Å². The zero-order valence-corrected chi connectivity index (χ0v) is 12.8. The summed E-state index contributed by atoms with van der Waals surface area (Å²) < 4.78 is 40.3. The molecule has 21 heavy (non-hydrogen) atoms. The molecule has 0 radical (unpaired) electrons. The van der Waals surface area contributed by atoms with Gasteiger partial charge in [0.05, 0.1) is 6.54 Å². The Morgan fingerprint density at radius 1 is 1.33 bits per heavy atom. The van der Waals surface area contributed by atoms with Gasteiger partial charge in [0.15, 0.2) is 0 Å². The van der Waals surface area contributed by atoms with Crippen LogP contribution in [0.3, 0.4) is 0 Å². The molecule has 1 heterocycles. The lowest BCUT2D eigenvalue weighted by atomic mass is 10.2. The molecule has 9 heteroatoms. The quantitative estimate of drug-likeness (QED) is 0.729. The van der Waals surface area contributed by atoms with Crippen LogP contribution >= 0.6 is 11.3 Å². The number of hydrogen-bond acceptors (Lipinski definition) is 5. The minimum atomic E-state index is -3.99. The predicted molar refractivity (Wildman–Crippen MR) is 78.1 cm³/mol. The van der Waals surface area contributed by atoms with Crippen LogP contribution in [0.2, 0.25) is 0 Å². The van der Waals surface area contributed by atoms with E-state index in [4.69, 9.17) is 0 Å². The first-order valence-corrected chi connectivity index (χ1v) is 8.38. The Kier molecular flexibility index (Phi) is 4.88. The summed E-state index contributed by atoms with van der Waals surface area (Å²) >= 11 is 0.935. The summed E-state index contributed by atoms with van der Waals surface area (Å²) in [5.74, 6) is -0.818. The Balaban J connectivity index is 2.22. The fourth-order valence-electron chi connectivity index (χ4n) is 1.72. The molecule has 3 N–H and O–H groups in total. The highest BCUT2D eigenvalue weighted by molar-refractivity contribution is 7.89. The van der Waals surface area contributed by atoms with Gasteiger partial charge in [-0.1, -0.05) is 17.4 Å². The Morgan fingerprint density at radius 2 is 2.10 bits per heavy atom. The number of hydrogen-bond donors (Lipinski definition) is 3. The summed E-state index contributed by atoms with van der Waals surface area (Å²) in [5.41, 5.74) is 1.09. The normalized spacial score (nSPS) is 11.7. The summed E-state index contributed by atoms with van der Waals surface area (Å²) in [6.07, 6.45) is 0. The molecule has 1 aromatic carbocycles.